The molecule has 3 nitrogen and oxygen atoms in total. The third kappa shape index (κ3) is 1.55. The third-order valence-corrected chi connectivity index (χ3v) is 2.60. The highest BCUT2D eigenvalue weighted by Crippen LogP contribution is 2.37. The summed E-state index contributed by atoms with van der Waals surface area (Å²) in [5, 5.41) is 0. The van der Waals surface area contributed by atoms with Crippen LogP contribution in [-0.4, -0.2) is 20.3 Å². The second-order valence-corrected chi connectivity index (χ2v) is 3.55. The topological polar surface area (TPSA) is 44.5 Å². The summed E-state index contributed by atoms with van der Waals surface area (Å²) in [7, 11) is 1.72. The monoisotopic (exact) mass is 193 g/mol. The third-order valence-electron chi connectivity index (χ3n) is 2.60. The van der Waals surface area contributed by atoms with E-state index in [1.54, 1.807) is 7.11 Å². The Hall–Kier alpha value is -1.22. The summed E-state index contributed by atoms with van der Waals surface area (Å²) >= 11 is 0. The smallest absolute Gasteiger partial charge is 0.145 e. The van der Waals surface area contributed by atoms with Gasteiger partial charge in [0, 0.05) is 18.6 Å². The Labute approximate surface area is 83.8 Å². The zero-order valence-corrected chi connectivity index (χ0v) is 8.32. The van der Waals surface area contributed by atoms with E-state index in [9.17, 15) is 0 Å². The van der Waals surface area contributed by atoms with Crippen molar-refractivity contribution in [2.24, 2.45) is 0 Å². The van der Waals surface area contributed by atoms with Crippen molar-refractivity contribution in [2.45, 2.75) is 12.3 Å². The average molecular weight is 193 g/mol. The van der Waals surface area contributed by atoms with Crippen LogP contribution >= 0.6 is 0 Å². The molecule has 0 spiro atoms. The first-order chi connectivity index (χ1) is 6.83. The summed E-state index contributed by atoms with van der Waals surface area (Å²) in [5.41, 5.74) is 7.74. The highest BCUT2D eigenvalue weighted by Gasteiger charge is 2.22. The van der Waals surface area contributed by atoms with Crippen molar-refractivity contribution in [3.8, 4) is 5.75 Å². The molecular weight excluding hydrogens is 178 g/mol. The van der Waals surface area contributed by atoms with Crippen LogP contribution in [-0.2, 0) is 4.74 Å². The number of para-hydroxylation sites is 1. The maximum atomic E-state index is 5.83. The molecule has 0 aromatic heterocycles. The number of methoxy groups -OCH3 is 1. The minimum Gasteiger partial charge on any atom is -0.491 e. The Bertz CT molecular complexity index is 325. The van der Waals surface area contributed by atoms with Crippen LogP contribution in [0.25, 0.3) is 0 Å². The van der Waals surface area contributed by atoms with Crippen molar-refractivity contribution < 1.29 is 9.47 Å². The number of rotatable bonds is 2. The lowest BCUT2D eigenvalue weighted by Crippen LogP contribution is -2.18. The first-order valence-corrected chi connectivity index (χ1v) is 4.83. The fourth-order valence-corrected chi connectivity index (χ4v) is 1.89. The molecule has 1 aliphatic rings. The molecule has 0 saturated carbocycles. The van der Waals surface area contributed by atoms with E-state index in [1.165, 1.54) is 5.56 Å². The number of ether oxygens (including phenoxy) is 2. The summed E-state index contributed by atoms with van der Waals surface area (Å²) in [6.45, 7) is 1.47. The summed E-state index contributed by atoms with van der Waals surface area (Å²) in [6.07, 6.45) is 1.00. The van der Waals surface area contributed by atoms with Crippen LogP contribution in [0.15, 0.2) is 18.2 Å². The zero-order valence-electron chi connectivity index (χ0n) is 8.32. The molecule has 0 aliphatic carbocycles. The van der Waals surface area contributed by atoms with E-state index in [0.29, 0.717) is 5.92 Å². The maximum absolute atomic E-state index is 5.83. The number of nitrogens with two attached hydrogens (primary N) is 1. The van der Waals surface area contributed by atoms with E-state index in [1.807, 2.05) is 12.1 Å². The fraction of sp³-hybridized carbons (Fsp3) is 0.455. The molecule has 1 aromatic rings. The van der Waals surface area contributed by atoms with Crippen LogP contribution in [0.2, 0.25) is 0 Å². The summed E-state index contributed by atoms with van der Waals surface area (Å²) in [4.78, 5) is 0. The molecule has 3 heteroatoms. The quantitative estimate of drug-likeness (QED) is 0.728. The molecule has 0 saturated heterocycles. The first-order valence-electron chi connectivity index (χ1n) is 4.83. The van der Waals surface area contributed by atoms with Crippen LogP contribution in [0, 0.1) is 0 Å². The average Bonchev–Trinajstić information content (AvgIpc) is 2.20. The van der Waals surface area contributed by atoms with Gasteiger partial charge < -0.3 is 15.2 Å². The lowest BCUT2D eigenvalue weighted by Gasteiger charge is -2.26. The van der Waals surface area contributed by atoms with Crippen molar-refractivity contribution in [3.63, 3.8) is 0 Å². The van der Waals surface area contributed by atoms with Crippen LogP contribution in [0.5, 0.6) is 5.75 Å². The number of fused-ring (bicyclic) bond motifs is 1. The Morgan fingerprint density at radius 1 is 1.57 bits per heavy atom. The van der Waals surface area contributed by atoms with Gasteiger partial charge in [0.15, 0.2) is 0 Å². The molecule has 0 radical (unpaired) electrons. The van der Waals surface area contributed by atoms with E-state index < -0.39 is 0 Å². The largest absolute Gasteiger partial charge is 0.491 e. The zero-order chi connectivity index (χ0) is 9.97. The summed E-state index contributed by atoms with van der Waals surface area (Å²) in [6, 6.07) is 5.90. The first kappa shape index (κ1) is 9.34. The lowest BCUT2D eigenvalue weighted by molar-refractivity contribution is 0.154. The Balaban J connectivity index is 2.34. The van der Waals surface area contributed by atoms with Crippen LogP contribution in [0.4, 0.5) is 5.69 Å². The Kier molecular flexibility index (Phi) is 2.59. The van der Waals surface area contributed by atoms with E-state index in [4.69, 9.17) is 15.2 Å². The van der Waals surface area contributed by atoms with Gasteiger partial charge in [-0.15, -0.1) is 0 Å². The van der Waals surface area contributed by atoms with E-state index in [0.717, 1.165) is 31.1 Å². The van der Waals surface area contributed by atoms with Crippen molar-refractivity contribution in [1.29, 1.82) is 0 Å². The van der Waals surface area contributed by atoms with Gasteiger partial charge >= 0.3 is 0 Å². The van der Waals surface area contributed by atoms with Gasteiger partial charge in [-0.2, -0.15) is 0 Å². The minimum atomic E-state index is 0.423. The molecule has 2 rings (SSSR count). The van der Waals surface area contributed by atoms with Crippen molar-refractivity contribution in [2.75, 3.05) is 26.1 Å². The normalized spacial score (nSPS) is 19.9. The summed E-state index contributed by atoms with van der Waals surface area (Å²) in [5.74, 6) is 1.27. The van der Waals surface area contributed by atoms with E-state index in [2.05, 4.69) is 6.07 Å². The van der Waals surface area contributed by atoms with Gasteiger partial charge in [-0.25, -0.2) is 0 Å². The highest BCUT2D eigenvalue weighted by molar-refractivity contribution is 5.58. The fourth-order valence-electron chi connectivity index (χ4n) is 1.89. The molecule has 2 N–H and O–H groups in total. The number of benzene rings is 1. The van der Waals surface area contributed by atoms with Gasteiger partial charge in [-0.3, -0.25) is 0 Å². The molecule has 1 aliphatic heterocycles. The van der Waals surface area contributed by atoms with E-state index >= 15 is 0 Å². The maximum Gasteiger partial charge on any atom is 0.145 e. The standard InChI is InChI=1S/C11H15NO2/c1-13-7-8-5-6-14-11-9(8)3-2-4-10(11)12/h2-4,8H,5-7,12H2,1H3. The number of hydrogen-bond acceptors (Lipinski definition) is 3. The number of hydrogen-bond donors (Lipinski definition) is 1. The molecule has 0 bridgehead atoms. The van der Waals surface area contributed by atoms with Crippen molar-refractivity contribution in [3.05, 3.63) is 23.8 Å². The molecule has 1 heterocycles. The second kappa shape index (κ2) is 3.88. The molecule has 76 valence electrons. The molecule has 1 unspecified atom stereocenters. The van der Waals surface area contributed by atoms with Gasteiger partial charge in [0.1, 0.15) is 5.75 Å². The highest BCUT2D eigenvalue weighted by atomic mass is 16.5. The molecule has 1 atom stereocenters. The predicted octanol–water partition coefficient (Wildman–Crippen LogP) is 1.78. The second-order valence-electron chi connectivity index (χ2n) is 3.55. The van der Waals surface area contributed by atoms with E-state index in [-0.39, 0.29) is 0 Å². The minimum absolute atomic E-state index is 0.423. The molecule has 1 aromatic carbocycles. The molecule has 0 fully saturated rings. The lowest BCUT2D eigenvalue weighted by atomic mass is 9.93. The van der Waals surface area contributed by atoms with Gasteiger partial charge in [-0.05, 0) is 12.5 Å². The van der Waals surface area contributed by atoms with Gasteiger partial charge in [-0.1, -0.05) is 12.1 Å². The van der Waals surface area contributed by atoms with Crippen molar-refractivity contribution in [1.82, 2.24) is 0 Å². The van der Waals surface area contributed by atoms with Crippen LogP contribution < -0.4 is 10.5 Å². The Morgan fingerprint density at radius 2 is 2.43 bits per heavy atom. The molecule has 0 amide bonds. The number of anilines is 1. The van der Waals surface area contributed by atoms with Gasteiger partial charge in [0.05, 0.1) is 18.9 Å². The van der Waals surface area contributed by atoms with Crippen LogP contribution in [0.3, 0.4) is 0 Å². The predicted molar refractivity (Wildman–Crippen MR) is 55.6 cm³/mol. The summed E-state index contributed by atoms with van der Waals surface area (Å²) < 4.78 is 10.7. The SMILES string of the molecule is COCC1CCOc2c(N)cccc21. The molecule has 14 heavy (non-hydrogen) atoms. The van der Waals surface area contributed by atoms with Gasteiger partial charge in [0.25, 0.3) is 0 Å². The Morgan fingerprint density at radius 3 is 3.21 bits per heavy atom. The van der Waals surface area contributed by atoms with Crippen LogP contribution in [0.1, 0.15) is 17.9 Å². The van der Waals surface area contributed by atoms with Crippen molar-refractivity contribution >= 4 is 5.69 Å². The van der Waals surface area contributed by atoms with Gasteiger partial charge in [0.2, 0.25) is 0 Å². The number of nitrogen functional groups attached to an aromatic ring is 1. The molecular formula is C11H15NO2.